The van der Waals surface area contributed by atoms with Gasteiger partial charge in [-0.15, -0.1) is 0 Å². The molecule has 1 aromatic rings. The molecule has 0 aliphatic rings. The third kappa shape index (κ3) is 4.92. The topological polar surface area (TPSA) is 32.5 Å². The van der Waals surface area contributed by atoms with Gasteiger partial charge in [-0.05, 0) is 44.6 Å². The minimum atomic E-state index is 0.609. The van der Waals surface area contributed by atoms with Gasteiger partial charge in [0.05, 0.1) is 10.7 Å². The number of benzene rings is 1. The van der Waals surface area contributed by atoms with E-state index >= 15 is 0 Å². The molecule has 1 rings (SSSR count). The van der Waals surface area contributed by atoms with Gasteiger partial charge in [-0.25, -0.2) is 0 Å². The van der Waals surface area contributed by atoms with Gasteiger partial charge in [-0.2, -0.15) is 0 Å². The molecule has 0 saturated carbocycles. The second-order valence-corrected chi connectivity index (χ2v) is 6.21. The zero-order valence-electron chi connectivity index (χ0n) is 12.7. The highest BCUT2D eigenvalue weighted by Gasteiger charge is 2.13. The number of anilines is 2. The lowest BCUT2D eigenvalue weighted by Crippen LogP contribution is -2.34. The number of hydrogen-bond donors (Lipinski definition) is 1. The van der Waals surface area contributed by atoms with Crippen LogP contribution in [0.4, 0.5) is 11.4 Å². The molecule has 3 nitrogen and oxygen atoms in total. The summed E-state index contributed by atoms with van der Waals surface area (Å²) < 4.78 is 0. The number of nitrogen functional groups attached to an aromatic ring is 1. The Bertz CT molecular complexity index is 416. The summed E-state index contributed by atoms with van der Waals surface area (Å²) in [6.45, 7) is 9.59. The fourth-order valence-corrected chi connectivity index (χ4v) is 2.26. The van der Waals surface area contributed by atoms with E-state index in [0.29, 0.717) is 16.6 Å². The Kier molecular flexibility index (Phi) is 5.95. The number of nitrogens with zero attached hydrogens (tertiary/aromatic N) is 2. The van der Waals surface area contributed by atoms with E-state index in [9.17, 15) is 0 Å². The first-order valence-electron chi connectivity index (χ1n) is 6.76. The number of likely N-dealkylation sites (N-methyl/N-ethyl adjacent to an activating group) is 1. The third-order valence-electron chi connectivity index (χ3n) is 3.06. The SMILES string of the molecule is Cc1cc(N)c(Cl)cc1N(CCN(C)C)CC(C)C. The van der Waals surface area contributed by atoms with E-state index in [1.807, 2.05) is 12.1 Å². The van der Waals surface area contributed by atoms with E-state index in [4.69, 9.17) is 17.3 Å². The highest BCUT2D eigenvalue weighted by Crippen LogP contribution is 2.29. The van der Waals surface area contributed by atoms with E-state index in [0.717, 1.165) is 19.6 Å². The average molecular weight is 284 g/mol. The fourth-order valence-electron chi connectivity index (χ4n) is 2.11. The minimum Gasteiger partial charge on any atom is -0.398 e. The number of aryl methyl sites for hydroxylation is 1. The van der Waals surface area contributed by atoms with Gasteiger partial charge in [0.1, 0.15) is 0 Å². The summed E-state index contributed by atoms with van der Waals surface area (Å²) in [5.41, 5.74) is 8.88. The molecule has 0 aromatic heterocycles. The zero-order valence-corrected chi connectivity index (χ0v) is 13.5. The average Bonchev–Trinajstić information content (AvgIpc) is 2.29. The molecule has 0 saturated heterocycles. The molecule has 1 aromatic carbocycles. The number of halogens is 1. The van der Waals surface area contributed by atoms with Crippen LogP contribution in [0.15, 0.2) is 12.1 Å². The molecule has 0 heterocycles. The molecule has 0 bridgehead atoms. The maximum Gasteiger partial charge on any atom is 0.0656 e. The Balaban J connectivity index is 2.99. The molecule has 0 atom stereocenters. The van der Waals surface area contributed by atoms with Crippen LogP contribution in [0.2, 0.25) is 5.02 Å². The van der Waals surface area contributed by atoms with Crippen molar-refractivity contribution >= 4 is 23.0 Å². The van der Waals surface area contributed by atoms with Crippen LogP contribution in [-0.2, 0) is 0 Å². The van der Waals surface area contributed by atoms with Crippen LogP contribution in [0.25, 0.3) is 0 Å². The lowest BCUT2D eigenvalue weighted by Gasteiger charge is -2.30. The molecular formula is C15H26ClN3. The van der Waals surface area contributed by atoms with Crippen LogP contribution < -0.4 is 10.6 Å². The molecule has 2 N–H and O–H groups in total. The molecule has 19 heavy (non-hydrogen) atoms. The largest absolute Gasteiger partial charge is 0.398 e. The first kappa shape index (κ1) is 16.1. The Labute approximate surface area is 122 Å². The van der Waals surface area contributed by atoms with Gasteiger partial charge in [0.25, 0.3) is 0 Å². The van der Waals surface area contributed by atoms with Crippen molar-refractivity contribution in [2.45, 2.75) is 20.8 Å². The normalized spacial score (nSPS) is 11.4. The first-order chi connectivity index (χ1) is 8.81. The van der Waals surface area contributed by atoms with Gasteiger partial charge in [-0.1, -0.05) is 25.4 Å². The molecule has 0 aliphatic heterocycles. The Morgan fingerprint density at radius 2 is 1.84 bits per heavy atom. The van der Waals surface area contributed by atoms with Gasteiger partial charge in [0.15, 0.2) is 0 Å². The standard InChI is InChI=1S/C15H26ClN3/c1-11(2)10-19(7-6-18(4)5)15-9-13(16)14(17)8-12(15)3/h8-9,11H,6-7,10,17H2,1-5H3. The Morgan fingerprint density at radius 3 is 2.37 bits per heavy atom. The maximum atomic E-state index is 6.17. The third-order valence-corrected chi connectivity index (χ3v) is 3.39. The lowest BCUT2D eigenvalue weighted by molar-refractivity contribution is 0.409. The highest BCUT2D eigenvalue weighted by molar-refractivity contribution is 6.33. The van der Waals surface area contributed by atoms with Crippen molar-refractivity contribution in [3.63, 3.8) is 0 Å². The number of hydrogen-bond acceptors (Lipinski definition) is 3. The van der Waals surface area contributed by atoms with Gasteiger partial charge in [-0.3, -0.25) is 0 Å². The molecule has 0 radical (unpaired) electrons. The van der Waals surface area contributed by atoms with Crippen molar-refractivity contribution in [2.24, 2.45) is 5.92 Å². The van der Waals surface area contributed by atoms with Crippen LogP contribution in [-0.4, -0.2) is 38.6 Å². The number of nitrogens with two attached hydrogens (primary N) is 1. The molecule has 0 aliphatic carbocycles. The van der Waals surface area contributed by atoms with E-state index in [1.54, 1.807) is 0 Å². The maximum absolute atomic E-state index is 6.17. The molecule has 0 unspecified atom stereocenters. The summed E-state index contributed by atoms with van der Waals surface area (Å²) in [5, 5.41) is 0.638. The lowest BCUT2D eigenvalue weighted by atomic mass is 10.1. The van der Waals surface area contributed by atoms with Crippen molar-refractivity contribution in [2.75, 3.05) is 44.4 Å². The molecule has 0 fully saturated rings. The molecule has 4 heteroatoms. The molecule has 0 amide bonds. The van der Waals surface area contributed by atoms with Gasteiger partial charge in [0, 0.05) is 25.3 Å². The van der Waals surface area contributed by atoms with Gasteiger partial charge < -0.3 is 15.5 Å². The predicted molar refractivity (Wildman–Crippen MR) is 86.2 cm³/mol. The van der Waals surface area contributed by atoms with Crippen LogP contribution >= 0.6 is 11.6 Å². The quantitative estimate of drug-likeness (QED) is 0.814. The number of rotatable bonds is 6. The second-order valence-electron chi connectivity index (χ2n) is 5.80. The molecule has 0 spiro atoms. The van der Waals surface area contributed by atoms with E-state index in [-0.39, 0.29) is 0 Å². The van der Waals surface area contributed by atoms with E-state index < -0.39 is 0 Å². The van der Waals surface area contributed by atoms with Crippen LogP contribution in [0.5, 0.6) is 0 Å². The van der Waals surface area contributed by atoms with Crippen molar-refractivity contribution in [3.8, 4) is 0 Å². The Hall–Kier alpha value is -0.930. The Morgan fingerprint density at radius 1 is 1.21 bits per heavy atom. The summed E-state index contributed by atoms with van der Waals surface area (Å²) in [6.07, 6.45) is 0. The first-order valence-corrected chi connectivity index (χ1v) is 7.14. The van der Waals surface area contributed by atoms with E-state index in [2.05, 4.69) is 44.7 Å². The highest BCUT2D eigenvalue weighted by atomic mass is 35.5. The predicted octanol–water partition coefficient (Wildman–Crippen LogP) is 3.25. The summed E-state index contributed by atoms with van der Waals surface area (Å²) in [7, 11) is 4.19. The van der Waals surface area contributed by atoms with E-state index in [1.165, 1.54) is 11.3 Å². The smallest absolute Gasteiger partial charge is 0.0656 e. The van der Waals surface area contributed by atoms with Crippen molar-refractivity contribution in [1.29, 1.82) is 0 Å². The van der Waals surface area contributed by atoms with Crippen LogP contribution in [0.3, 0.4) is 0 Å². The van der Waals surface area contributed by atoms with Crippen LogP contribution in [0, 0.1) is 12.8 Å². The summed E-state index contributed by atoms with van der Waals surface area (Å²) in [6, 6.07) is 3.95. The van der Waals surface area contributed by atoms with Crippen LogP contribution in [0.1, 0.15) is 19.4 Å². The summed E-state index contributed by atoms with van der Waals surface area (Å²) in [4.78, 5) is 4.59. The van der Waals surface area contributed by atoms with Gasteiger partial charge in [0.2, 0.25) is 0 Å². The van der Waals surface area contributed by atoms with Crippen molar-refractivity contribution < 1.29 is 0 Å². The monoisotopic (exact) mass is 283 g/mol. The van der Waals surface area contributed by atoms with Crippen molar-refractivity contribution in [1.82, 2.24) is 4.90 Å². The zero-order chi connectivity index (χ0) is 14.6. The fraction of sp³-hybridized carbons (Fsp3) is 0.600. The molecular weight excluding hydrogens is 258 g/mol. The minimum absolute atomic E-state index is 0.609. The molecule has 108 valence electrons. The summed E-state index contributed by atoms with van der Waals surface area (Å²) >= 11 is 6.17. The summed E-state index contributed by atoms with van der Waals surface area (Å²) in [5.74, 6) is 0.609. The second kappa shape index (κ2) is 7.01. The van der Waals surface area contributed by atoms with Gasteiger partial charge >= 0.3 is 0 Å². The van der Waals surface area contributed by atoms with Crippen molar-refractivity contribution in [3.05, 3.63) is 22.7 Å².